The van der Waals surface area contributed by atoms with Crippen molar-refractivity contribution in [1.82, 2.24) is 10.3 Å². The Morgan fingerprint density at radius 2 is 2.04 bits per heavy atom. The average Bonchev–Trinajstić information content (AvgIpc) is 2.93. The van der Waals surface area contributed by atoms with Crippen molar-refractivity contribution < 1.29 is 14.3 Å². The van der Waals surface area contributed by atoms with Gasteiger partial charge >= 0.3 is 0 Å². The van der Waals surface area contributed by atoms with E-state index < -0.39 is 6.10 Å². The van der Waals surface area contributed by atoms with Gasteiger partial charge in [0.2, 0.25) is 0 Å². The molecular weight excluding hydrogens is 292 g/mol. The Bertz CT molecular complexity index is 755. The van der Waals surface area contributed by atoms with E-state index in [9.17, 15) is 5.11 Å². The van der Waals surface area contributed by atoms with Gasteiger partial charge in [-0.15, -0.1) is 0 Å². The van der Waals surface area contributed by atoms with Crippen molar-refractivity contribution in [1.29, 1.82) is 0 Å². The van der Waals surface area contributed by atoms with Crippen LogP contribution in [0.1, 0.15) is 11.5 Å². The molecule has 5 heteroatoms. The Balaban J connectivity index is 1.45. The zero-order valence-electron chi connectivity index (χ0n) is 13.0. The van der Waals surface area contributed by atoms with Crippen molar-refractivity contribution in [2.45, 2.75) is 19.6 Å². The quantitative estimate of drug-likeness (QED) is 0.702. The third-order valence-corrected chi connectivity index (χ3v) is 3.46. The van der Waals surface area contributed by atoms with Gasteiger partial charge in [-0.3, -0.25) is 0 Å². The van der Waals surface area contributed by atoms with E-state index in [2.05, 4.69) is 10.3 Å². The van der Waals surface area contributed by atoms with Crippen molar-refractivity contribution >= 4 is 11.1 Å². The lowest BCUT2D eigenvalue weighted by molar-refractivity contribution is 0.106. The van der Waals surface area contributed by atoms with Crippen LogP contribution in [0.4, 0.5) is 0 Å². The summed E-state index contributed by atoms with van der Waals surface area (Å²) in [6.45, 7) is 3.23. The molecule has 1 heterocycles. The lowest BCUT2D eigenvalue weighted by atomic mass is 10.2. The van der Waals surface area contributed by atoms with Crippen LogP contribution in [0.3, 0.4) is 0 Å². The molecule has 5 nitrogen and oxygen atoms in total. The Morgan fingerprint density at radius 1 is 1.22 bits per heavy atom. The molecule has 0 aliphatic heterocycles. The van der Waals surface area contributed by atoms with Gasteiger partial charge in [0.05, 0.1) is 0 Å². The number of aliphatic hydroxyl groups excluding tert-OH is 1. The van der Waals surface area contributed by atoms with E-state index in [1.807, 2.05) is 49.4 Å². The highest BCUT2D eigenvalue weighted by molar-refractivity contribution is 5.74. The fourth-order valence-electron chi connectivity index (χ4n) is 2.34. The topological polar surface area (TPSA) is 67.5 Å². The molecule has 0 amide bonds. The van der Waals surface area contributed by atoms with Crippen LogP contribution in [-0.2, 0) is 6.54 Å². The molecule has 0 radical (unpaired) electrons. The zero-order chi connectivity index (χ0) is 16.1. The SMILES string of the molecule is Cc1nc2ccc(OCC(O)CNCc3ccccc3)cc2o1. The van der Waals surface area contributed by atoms with Crippen molar-refractivity contribution in [3.63, 3.8) is 0 Å². The van der Waals surface area contributed by atoms with Crippen molar-refractivity contribution in [2.75, 3.05) is 13.2 Å². The third-order valence-electron chi connectivity index (χ3n) is 3.46. The molecular formula is C18H20N2O3. The molecule has 0 bridgehead atoms. The smallest absolute Gasteiger partial charge is 0.192 e. The number of hydrogen-bond donors (Lipinski definition) is 2. The van der Waals surface area contributed by atoms with Gasteiger partial charge in [-0.25, -0.2) is 4.98 Å². The number of aryl methyl sites for hydroxylation is 1. The molecule has 2 N–H and O–H groups in total. The van der Waals surface area contributed by atoms with Gasteiger partial charge in [-0.05, 0) is 17.7 Å². The lowest BCUT2D eigenvalue weighted by Gasteiger charge is -2.13. The van der Waals surface area contributed by atoms with Crippen LogP contribution in [-0.4, -0.2) is 29.3 Å². The fourth-order valence-corrected chi connectivity index (χ4v) is 2.34. The van der Waals surface area contributed by atoms with Crippen LogP contribution in [0.5, 0.6) is 5.75 Å². The third kappa shape index (κ3) is 4.31. The maximum atomic E-state index is 9.98. The summed E-state index contributed by atoms with van der Waals surface area (Å²) < 4.78 is 11.1. The van der Waals surface area contributed by atoms with Crippen LogP contribution in [0.15, 0.2) is 52.9 Å². The summed E-state index contributed by atoms with van der Waals surface area (Å²) >= 11 is 0. The number of nitrogens with zero attached hydrogens (tertiary/aromatic N) is 1. The molecule has 1 aromatic heterocycles. The molecule has 0 aliphatic rings. The first-order valence-corrected chi connectivity index (χ1v) is 7.63. The molecule has 0 spiro atoms. The van der Waals surface area contributed by atoms with Crippen LogP contribution < -0.4 is 10.1 Å². The highest BCUT2D eigenvalue weighted by Gasteiger charge is 2.07. The predicted octanol–water partition coefficient (Wildman–Crippen LogP) is 2.67. The Hall–Kier alpha value is -2.37. The number of aliphatic hydroxyl groups is 1. The van der Waals surface area contributed by atoms with E-state index in [-0.39, 0.29) is 6.61 Å². The molecule has 3 rings (SSSR count). The number of hydrogen-bond acceptors (Lipinski definition) is 5. The number of rotatable bonds is 7. The van der Waals surface area contributed by atoms with Crippen molar-refractivity contribution in [2.24, 2.45) is 0 Å². The second-order valence-electron chi connectivity index (χ2n) is 5.44. The molecule has 0 saturated carbocycles. The molecule has 0 saturated heterocycles. The highest BCUT2D eigenvalue weighted by Crippen LogP contribution is 2.21. The fraction of sp³-hybridized carbons (Fsp3) is 0.278. The predicted molar refractivity (Wildman–Crippen MR) is 88.4 cm³/mol. The van der Waals surface area contributed by atoms with Gasteiger partial charge in [0.15, 0.2) is 11.5 Å². The molecule has 23 heavy (non-hydrogen) atoms. The van der Waals surface area contributed by atoms with E-state index in [0.29, 0.717) is 23.8 Å². The summed E-state index contributed by atoms with van der Waals surface area (Å²) in [6.07, 6.45) is -0.578. The van der Waals surface area contributed by atoms with Crippen LogP contribution in [0.25, 0.3) is 11.1 Å². The van der Waals surface area contributed by atoms with Crippen LogP contribution in [0, 0.1) is 6.92 Å². The molecule has 3 aromatic rings. The Labute approximate surface area is 134 Å². The molecule has 120 valence electrons. The van der Waals surface area contributed by atoms with E-state index in [0.717, 1.165) is 12.1 Å². The van der Waals surface area contributed by atoms with Crippen molar-refractivity contribution in [3.05, 3.63) is 60.0 Å². The minimum Gasteiger partial charge on any atom is -0.491 e. The number of aromatic nitrogens is 1. The molecule has 0 fully saturated rings. The largest absolute Gasteiger partial charge is 0.491 e. The van der Waals surface area contributed by atoms with E-state index in [4.69, 9.17) is 9.15 Å². The maximum absolute atomic E-state index is 9.98. The minimum atomic E-state index is -0.578. The van der Waals surface area contributed by atoms with Gasteiger partial charge in [-0.1, -0.05) is 30.3 Å². The molecule has 2 aromatic carbocycles. The second kappa shape index (κ2) is 7.26. The Morgan fingerprint density at radius 3 is 2.87 bits per heavy atom. The summed E-state index contributed by atoms with van der Waals surface area (Å²) in [5.74, 6) is 1.29. The van der Waals surface area contributed by atoms with Crippen LogP contribution in [0.2, 0.25) is 0 Å². The highest BCUT2D eigenvalue weighted by atomic mass is 16.5. The molecule has 0 aliphatic carbocycles. The monoisotopic (exact) mass is 312 g/mol. The summed E-state index contributed by atoms with van der Waals surface area (Å²) in [4.78, 5) is 4.24. The zero-order valence-corrected chi connectivity index (χ0v) is 13.0. The summed E-state index contributed by atoms with van der Waals surface area (Å²) in [7, 11) is 0. The lowest BCUT2D eigenvalue weighted by Crippen LogP contribution is -2.31. The number of ether oxygens (including phenoxy) is 1. The van der Waals surface area contributed by atoms with Crippen molar-refractivity contribution in [3.8, 4) is 5.75 Å². The normalized spacial score (nSPS) is 12.4. The second-order valence-corrected chi connectivity index (χ2v) is 5.44. The van der Waals surface area contributed by atoms with E-state index in [1.165, 1.54) is 5.56 Å². The average molecular weight is 312 g/mol. The molecule has 1 unspecified atom stereocenters. The maximum Gasteiger partial charge on any atom is 0.192 e. The van der Waals surface area contributed by atoms with Gasteiger partial charge in [0, 0.05) is 26.1 Å². The first-order chi connectivity index (χ1) is 11.2. The number of oxazole rings is 1. The summed E-state index contributed by atoms with van der Waals surface area (Å²) in [5.41, 5.74) is 2.68. The first kappa shape index (κ1) is 15.5. The van der Waals surface area contributed by atoms with Gasteiger partial charge < -0.3 is 19.6 Å². The van der Waals surface area contributed by atoms with Gasteiger partial charge in [-0.2, -0.15) is 0 Å². The first-order valence-electron chi connectivity index (χ1n) is 7.63. The number of fused-ring (bicyclic) bond motifs is 1. The number of nitrogens with one attached hydrogen (secondary N) is 1. The summed E-state index contributed by atoms with van der Waals surface area (Å²) in [6, 6.07) is 15.5. The number of benzene rings is 2. The standard InChI is InChI=1S/C18H20N2O3/c1-13-20-17-8-7-16(9-18(17)23-13)22-12-15(21)11-19-10-14-5-3-2-4-6-14/h2-9,15,19,21H,10-12H2,1H3. The van der Waals surface area contributed by atoms with Crippen LogP contribution >= 0.6 is 0 Å². The van der Waals surface area contributed by atoms with Gasteiger partial charge in [0.25, 0.3) is 0 Å². The van der Waals surface area contributed by atoms with Gasteiger partial charge in [0.1, 0.15) is 24.0 Å². The minimum absolute atomic E-state index is 0.223. The van der Waals surface area contributed by atoms with E-state index in [1.54, 1.807) is 6.07 Å². The molecule has 1 atom stereocenters. The Kier molecular flexibility index (Phi) is 4.90. The van der Waals surface area contributed by atoms with E-state index >= 15 is 0 Å². The summed E-state index contributed by atoms with van der Waals surface area (Å²) in [5, 5.41) is 13.2.